The normalized spacial score (nSPS) is 10.6. The molecule has 68 valence electrons. The fraction of sp³-hybridized carbons (Fsp3) is 0.125. The highest BCUT2D eigenvalue weighted by atomic mass is 79.9. The van der Waals surface area contributed by atoms with Crippen LogP contribution in [0.25, 0.3) is 9.88 Å². The van der Waals surface area contributed by atoms with Crippen LogP contribution in [0.3, 0.4) is 0 Å². The van der Waals surface area contributed by atoms with Crippen LogP contribution in [0.4, 0.5) is 0 Å². The number of aromatic nitrogens is 1. The van der Waals surface area contributed by atoms with E-state index in [1.165, 1.54) is 4.88 Å². The Morgan fingerprint density at radius 1 is 1.46 bits per heavy atom. The number of thiazole rings is 1. The molecule has 5 heteroatoms. The number of nitrogens with zero attached hydrogens (tertiary/aromatic N) is 1. The average molecular weight is 275 g/mol. The van der Waals surface area contributed by atoms with Crippen molar-refractivity contribution in [2.75, 3.05) is 0 Å². The third-order valence-corrected chi connectivity index (χ3v) is 4.45. The lowest BCUT2D eigenvalue weighted by Crippen LogP contribution is -1.95. The molecule has 0 spiro atoms. The van der Waals surface area contributed by atoms with E-state index < -0.39 is 0 Å². The number of thiophene rings is 1. The Bertz CT molecular complexity index is 408. The molecule has 2 rings (SSSR count). The van der Waals surface area contributed by atoms with Gasteiger partial charge in [0.25, 0.3) is 0 Å². The van der Waals surface area contributed by atoms with Crippen molar-refractivity contribution in [3.63, 3.8) is 0 Å². The lowest BCUT2D eigenvalue weighted by molar-refractivity contribution is 1.01. The first-order valence-corrected chi connectivity index (χ1v) is 6.24. The predicted octanol–water partition coefficient (Wildman–Crippen LogP) is 3.09. The van der Waals surface area contributed by atoms with Crippen LogP contribution in [0, 0.1) is 0 Å². The van der Waals surface area contributed by atoms with Gasteiger partial charge >= 0.3 is 0 Å². The van der Waals surface area contributed by atoms with Gasteiger partial charge in [-0.05, 0) is 27.4 Å². The molecule has 0 aromatic carbocycles. The molecule has 0 bridgehead atoms. The van der Waals surface area contributed by atoms with Gasteiger partial charge in [-0.15, -0.1) is 22.7 Å². The molecular formula is C8H7BrN2S2. The maximum Gasteiger partial charge on any atom is 0.134 e. The first kappa shape index (κ1) is 9.33. The Hall–Kier alpha value is -0.230. The van der Waals surface area contributed by atoms with Crippen LogP contribution in [0.1, 0.15) is 5.69 Å². The van der Waals surface area contributed by atoms with Crippen LogP contribution < -0.4 is 5.73 Å². The van der Waals surface area contributed by atoms with Gasteiger partial charge in [0.1, 0.15) is 5.01 Å². The van der Waals surface area contributed by atoms with Crippen molar-refractivity contribution < 1.29 is 0 Å². The summed E-state index contributed by atoms with van der Waals surface area (Å²) in [7, 11) is 0. The molecular weight excluding hydrogens is 268 g/mol. The van der Waals surface area contributed by atoms with E-state index in [0.29, 0.717) is 6.54 Å². The Labute approximate surface area is 92.6 Å². The Balaban J connectivity index is 2.41. The van der Waals surface area contributed by atoms with Gasteiger partial charge in [0.15, 0.2) is 0 Å². The van der Waals surface area contributed by atoms with Gasteiger partial charge in [0.2, 0.25) is 0 Å². The van der Waals surface area contributed by atoms with E-state index in [4.69, 9.17) is 5.73 Å². The SMILES string of the molecule is NCc1csc(-c2sccc2Br)n1. The third kappa shape index (κ3) is 1.83. The second kappa shape index (κ2) is 3.88. The fourth-order valence-electron chi connectivity index (χ4n) is 0.951. The van der Waals surface area contributed by atoms with Gasteiger partial charge in [-0.1, -0.05) is 0 Å². The zero-order valence-electron chi connectivity index (χ0n) is 6.66. The highest BCUT2D eigenvalue weighted by Gasteiger charge is 2.08. The van der Waals surface area contributed by atoms with Crippen molar-refractivity contribution in [3.8, 4) is 9.88 Å². The molecule has 0 aliphatic rings. The molecule has 0 atom stereocenters. The number of rotatable bonds is 2. The first-order chi connectivity index (χ1) is 6.31. The molecule has 2 aromatic heterocycles. The molecule has 0 fully saturated rings. The zero-order chi connectivity index (χ0) is 9.26. The minimum Gasteiger partial charge on any atom is -0.325 e. The molecule has 0 amide bonds. The van der Waals surface area contributed by atoms with Crippen LogP contribution in [0.5, 0.6) is 0 Å². The van der Waals surface area contributed by atoms with Crippen molar-refractivity contribution in [3.05, 3.63) is 27.0 Å². The van der Waals surface area contributed by atoms with E-state index in [1.54, 1.807) is 22.7 Å². The summed E-state index contributed by atoms with van der Waals surface area (Å²) in [5.41, 5.74) is 6.45. The molecule has 0 saturated heterocycles. The minimum absolute atomic E-state index is 0.513. The summed E-state index contributed by atoms with van der Waals surface area (Å²) in [6.45, 7) is 0.513. The quantitative estimate of drug-likeness (QED) is 0.914. The van der Waals surface area contributed by atoms with Crippen molar-refractivity contribution in [1.29, 1.82) is 0 Å². The standard InChI is InChI=1S/C8H7BrN2S2/c9-6-1-2-12-7(6)8-11-5(3-10)4-13-8/h1-2,4H,3,10H2. The molecule has 2 N–H and O–H groups in total. The number of hydrogen-bond acceptors (Lipinski definition) is 4. The number of hydrogen-bond donors (Lipinski definition) is 1. The van der Waals surface area contributed by atoms with Crippen LogP contribution >= 0.6 is 38.6 Å². The van der Waals surface area contributed by atoms with Gasteiger partial charge in [-0.25, -0.2) is 4.98 Å². The van der Waals surface area contributed by atoms with Crippen LogP contribution in [0.2, 0.25) is 0 Å². The van der Waals surface area contributed by atoms with Crippen LogP contribution in [-0.4, -0.2) is 4.98 Å². The summed E-state index contributed by atoms with van der Waals surface area (Å²) in [6, 6.07) is 2.03. The molecule has 0 radical (unpaired) electrons. The largest absolute Gasteiger partial charge is 0.325 e. The molecule has 0 aliphatic carbocycles. The monoisotopic (exact) mass is 274 g/mol. The second-order valence-corrected chi connectivity index (χ2v) is 5.07. The predicted molar refractivity (Wildman–Crippen MR) is 61.0 cm³/mol. The summed E-state index contributed by atoms with van der Waals surface area (Å²) in [6.07, 6.45) is 0. The maximum absolute atomic E-state index is 5.49. The second-order valence-electron chi connectivity index (χ2n) is 2.45. The summed E-state index contributed by atoms with van der Waals surface area (Å²) in [5.74, 6) is 0. The van der Waals surface area contributed by atoms with Gasteiger partial charge in [0.05, 0.1) is 10.6 Å². The van der Waals surface area contributed by atoms with Gasteiger partial charge in [-0.2, -0.15) is 0 Å². The van der Waals surface area contributed by atoms with E-state index in [1.807, 2.05) is 16.8 Å². The summed E-state index contributed by atoms with van der Waals surface area (Å²) in [5, 5.41) is 5.09. The minimum atomic E-state index is 0.513. The molecule has 2 nitrogen and oxygen atoms in total. The first-order valence-electron chi connectivity index (χ1n) is 3.69. The van der Waals surface area contributed by atoms with Crippen LogP contribution in [-0.2, 0) is 6.54 Å². The topological polar surface area (TPSA) is 38.9 Å². The van der Waals surface area contributed by atoms with E-state index >= 15 is 0 Å². The maximum atomic E-state index is 5.49. The van der Waals surface area contributed by atoms with Gasteiger partial charge in [-0.3, -0.25) is 0 Å². The van der Waals surface area contributed by atoms with Crippen LogP contribution in [0.15, 0.2) is 21.3 Å². The Morgan fingerprint density at radius 2 is 2.31 bits per heavy atom. The van der Waals surface area contributed by atoms with E-state index in [9.17, 15) is 0 Å². The molecule has 2 aromatic rings. The van der Waals surface area contributed by atoms with Gasteiger partial charge in [0, 0.05) is 16.4 Å². The van der Waals surface area contributed by atoms with Gasteiger partial charge < -0.3 is 5.73 Å². The van der Waals surface area contributed by atoms with Crippen molar-refractivity contribution in [2.45, 2.75) is 6.54 Å². The summed E-state index contributed by atoms with van der Waals surface area (Å²) >= 11 is 6.80. The molecule has 0 aliphatic heterocycles. The third-order valence-electron chi connectivity index (χ3n) is 1.57. The Kier molecular flexibility index (Phi) is 2.78. The highest BCUT2D eigenvalue weighted by Crippen LogP contribution is 2.35. The molecule has 0 saturated carbocycles. The van der Waals surface area contributed by atoms with E-state index in [0.717, 1.165) is 15.2 Å². The van der Waals surface area contributed by atoms with E-state index in [2.05, 4.69) is 20.9 Å². The lowest BCUT2D eigenvalue weighted by atomic mass is 10.4. The number of nitrogens with two attached hydrogens (primary N) is 1. The highest BCUT2D eigenvalue weighted by molar-refractivity contribution is 9.10. The van der Waals surface area contributed by atoms with Crippen molar-refractivity contribution >= 4 is 38.6 Å². The lowest BCUT2D eigenvalue weighted by Gasteiger charge is -1.90. The molecule has 13 heavy (non-hydrogen) atoms. The van der Waals surface area contributed by atoms with Crippen molar-refractivity contribution in [1.82, 2.24) is 4.98 Å². The van der Waals surface area contributed by atoms with E-state index in [-0.39, 0.29) is 0 Å². The smallest absolute Gasteiger partial charge is 0.134 e. The summed E-state index contributed by atoms with van der Waals surface area (Å²) < 4.78 is 1.11. The average Bonchev–Trinajstić information content (AvgIpc) is 2.71. The summed E-state index contributed by atoms with van der Waals surface area (Å²) in [4.78, 5) is 5.59. The Morgan fingerprint density at radius 3 is 2.85 bits per heavy atom. The van der Waals surface area contributed by atoms with Crippen molar-refractivity contribution in [2.24, 2.45) is 5.73 Å². The molecule has 0 unspecified atom stereocenters. The number of halogens is 1. The molecule has 2 heterocycles. The fourth-order valence-corrected chi connectivity index (χ4v) is 3.60. The zero-order valence-corrected chi connectivity index (χ0v) is 9.88.